The van der Waals surface area contributed by atoms with Crippen LogP contribution in [0.3, 0.4) is 0 Å². The van der Waals surface area contributed by atoms with Crippen molar-refractivity contribution in [2.24, 2.45) is 17.8 Å². The van der Waals surface area contributed by atoms with Crippen LogP contribution in [0, 0.1) is 17.8 Å². The first-order valence-corrected chi connectivity index (χ1v) is 9.04. The van der Waals surface area contributed by atoms with Crippen molar-refractivity contribution < 1.29 is 48.0 Å². The third kappa shape index (κ3) is 11.8. The number of thioether (sulfide) groups is 1. The van der Waals surface area contributed by atoms with Gasteiger partial charge in [-0.3, -0.25) is 19.2 Å². The van der Waals surface area contributed by atoms with Crippen LogP contribution in [-0.2, 0) is 38.1 Å². The molecule has 1 N–H and O–H groups in total. The summed E-state index contributed by atoms with van der Waals surface area (Å²) in [4.78, 5) is 56.7. The monoisotopic (exact) mass is 408 g/mol. The highest BCUT2D eigenvalue weighted by Gasteiger charge is 2.24. The normalized spacial score (nSPS) is 11.6. The summed E-state index contributed by atoms with van der Waals surface area (Å²) in [5, 5.41) is 8.25. The minimum Gasteiger partial charge on any atom is -0.481 e. The Kier molecular flexibility index (Phi) is 11.9. The lowest BCUT2D eigenvalue weighted by atomic mass is 10.1. The van der Waals surface area contributed by atoms with E-state index >= 15 is 0 Å². The largest absolute Gasteiger partial charge is 0.481 e. The predicted octanol–water partition coefficient (Wildman–Crippen LogP) is 1.80. The van der Waals surface area contributed by atoms with Crippen molar-refractivity contribution in [3.05, 3.63) is 0 Å². The van der Waals surface area contributed by atoms with Gasteiger partial charge in [0, 0.05) is 5.75 Å². The summed E-state index contributed by atoms with van der Waals surface area (Å²) in [6.45, 7) is 5.23. The Balaban J connectivity index is 4.20. The van der Waals surface area contributed by atoms with E-state index < -0.39 is 61.0 Å². The first-order chi connectivity index (χ1) is 12.5. The highest BCUT2D eigenvalue weighted by atomic mass is 32.2. The number of rotatable bonds is 11. The summed E-state index contributed by atoms with van der Waals surface area (Å²) in [5.41, 5.74) is 0. The predicted molar refractivity (Wildman–Crippen MR) is 92.4 cm³/mol. The Hall–Kier alpha value is -2.30. The quantitative estimate of drug-likeness (QED) is 0.395. The summed E-state index contributed by atoms with van der Waals surface area (Å²) in [7, 11) is 0. The highest BCUT2D eigenvalue weighted by Crippen LogP contribution is 2.16. The number of hydrogen-bond donors (Lipinski definition) is 1. The van der Waals surface area contributed by atoms with Crippen LogP contribution in [-0.4, -0.2) is 53.6 Å². The van der Waals surface area contributed by atoms with E-state index in [0.717, 1.165) is 0 Å². The zero-order valence-electron chi connectivity index (χ0n) is 15.6. The SMILES string of the molecule is CC(C)C(=O)OCOC(=O)C[C@@H](CSC(=O)OCOC(=O)C(C)C)C(=O)O. The number of aliphatic carboxylic acids is 1. The average molecular weight is 408 g/mol. The van der Waals surface area contributed by atoms with E-state index in [0.29, 0.717) is 11.8 Å². The van der Waals surface area contributed by atoms with Crippen molar-refractivity contribution in [3.8, 4) is 0 Å². The van der Waals surface area contributed by atoms with Crippen molar-refractivity contribution in [1.82, 2.24) is 0 Å². The molecule has 0 aliphatic carbocycles. The molecule has 0 aliphatic heterocycles. The molecule has 0 amide bonds. The molecular weight excluding hydrogens is 384 g/mol. The van der Waals surface area contributed by atoms with Gasteiger partial charge in [-0.2, -0.15) is 0 Å². The minimum atomic E-state index is -1.31. The fourth-order valence-corrected chi connectivity index (χ4v) is 2.04. The second kappa shape index (κ2) is 13.0. The van der Waals surface area contributed by atoms with Gasteiger partial charge in [-0.05, 0) is 11.8 Å². The van der Waals surface area contributed by atoms with Crippen molar-refractivity contribution >= 4 is 40.9 Å². The van der Waals surface area contributed by atoms with Crippen LogP contribution in [0.15, 0.2) is 0 Å². The molecule has 1 atom stereocenters. The Morgan fingerprint density at radius 2 is 1.30 bits per heavy atom. The topological polar surface area (TPSA) is 142 Å². The molecule has 0 aromatic heterocycles. The molecule has 0 aromatic rings. The molecule has 0 rings (SSSR count). The molecule has 0 bridgehead atoms. The van der Waals surface area contributed by atoms with Crippen LogP contribution in [0.4, 0.5) is 4.79 Å². The molecule has 10 nitrogen and oxygen atoms in total. The van der Waals surface area contributed by atoms with Crippen molar-refractivity contribution in [3.63, 3.8) is 0 Å². The molecule has 0 radical (unpaired) electrons. The lowest BCUT2D eigenvalue weighted by Crippen LogP contribution is -2.24. The molecule has 0 aromatic carbocycles. The van der Waals surface area contributed by atoms with Gasteiger partial charge in [-0.1, -0.05) is 27.7 Å². The van der Waals surface area contributed by atoms with E-state index in [2.05, 4.69) is 18.9 Å². The first-order valence-electron chi connectivity index (χ1n) is 8.05. The zero-order valence-corrected chi connectivity index (χ0v) is 16.4. The van der Waals surface area contributed by atoms with Crippen LogP contribution in [0.25, 0.3) is 0 Å². The maximum Gasteiger partial charge on any atom is 0.370 e. The summed E-state index contributed by atoms with van der Waals surface area (Å²) in [5.74, 6) is -5.54. The number of carboxylic acids is 1. The Morgan fingerprint density at radius 3 is 1.74 bits per heavy atom. The molecule has 154 valence electrons. The van der Waals surface area contributed by atoms with E-state index in [1.165, 1.54) is 0 Å². The molecule has 0 fully saturated rings. The van der Waals surface area contributed by atoms with E-state index in [1.807, 2.05) is 0 Å². The second-order valence-electron chi connectivity index (χ2n) is 5.93. The Morgan fingerprint density at radius 1 is 0.815 bits per heavy atom. The summed E-state index contributed by atoms with van der Waals surface area (Å²) >= 11 is 0.521. The number of carbonyl (C=O) groups is 5. The molecule has 0 heterocycles. The fourth-order valence-electron chi connectivity index (χ4n) is 1.31. The number of esters is 3. The van der Waals surface area contributed by atoms with Crippen molar-refractivity contribution in [1.29, 1.82) is 0 Å². The van der Waals surface area contributed by atoms with Gasteiger partial charge < -0.3 is 24.1 Å². The zero-order chi connectivity index (χ0) is 21.0. The average Bonchev–Trinajstić information content (AvgIpc) is 2.57. The lowest BCUT2D eigenvalue weighted by molar-refractivity contribution is -0.171. The smallest absolute Gasteiger partial charge is 0.370 e. The van der Waals surface area contributed by atoms with Crippen LogP contribution in [0.5, 0.6) is 0 Å². The van der Waals surface area contributed by atoms with Crippen molar-refractivity contribution in [2.45, 2.75) is 34.1 Å². The lowest BCUT2D eigenvalue weighted by Gasteiger charge is -2.12. The molecule has 11 heteroatoms. The number of carbonyl (C=O) groups excluding carboxylic acids is 4. The number of ether oxygens (including phenoxy) is 4. The Labute approximate surface area is 160 Å². The van der Waals surface area contributed by atoms with Crippen LogP contribution in [0.2, 0.25) is 0 Å². The molecule has 27 heavy (non-hydrogen) atoms. The van der Waals surface area contributed by atoms with E-state index in [1.54, 1.807) is 27.7 Å². The molecular formula is C16H24O10S. The van der Waals surface area contributed by atoms with Crippen molar-refractivity contribution in [2.75, 3.05) is 19.3 Å². The van der Waals surface area contributed by atoms with Gasteiger partial charge in [0.1, 0.15) is 0 Å². The van der Waals surface area contributed by atoms with Gasteiger partial charge in [0.05, 0.1) is 24.2 Å². The van der Waals surface area contributed by atoms with Crippen LogP contribution < -0.4 is 0 Å². The highest BCUT2D eigenvalue weighted by molar-refractivity contribution is 8.13. The molecule has 0 unspecified atom stereocenters. The summed E-state index contributed by atoms with van der Waals surface area (Å²) in [6, 6.07) is 0. The van der Waals surface area contributed by atoms with Crippen LogP contribution in [0.1, 0.15) is 34.1 Å². The Bertz CT molecular complexity index is 543. The second-order valence-corrected chi connectivity index (χ2v) is 6.89. The van der Waals surface area contributed by atoms with E-state index in [9.17, 15) is 24.0 Å². The molecule has 0 saturated heterocycles. The first kappa shape index (κ1) is 24.7. The molecule has 0 aliphatic rings. The maximum absolute atomic E-state index is 11.6. The molecule has 0 saturated carbocycles. The number of hydrogen-bond acceptors (Lipinski definition) is 10. The van der Waals surface area contributed by atoms with Crippen LogP contribution >= 0.6 is 11.8 Å². The van der Waals surface area contributed by atoms with Gasteiger partial charge in [0.2, 0.25) is 13.6 Å². The maximum atomic E-state index is 11.6. The van der Waals surface area contributed by atoms with E-state index in [-0.39, 0.29) is 11.7 Å². The third-order valence-corrected chi connectivity index (χ3v) is 3.83. The van der Waals surface area contributed by atoms with Gasteiger partial charge in [-0.25, -0.2) is 4.79 Å². The minimum absolute atomic E-state index is 0.257. The number of carboxylic acid groups (broad SMARTS) is 1. The van der Waals surface area contributed by atoms with Gasteiger partial charge in [0.15, 0.2) is 0 Å². The molecule has 0 spiro atoms. The summed E-state index contributed by atoms with van der Waals surface area (Å²) in [6.07, 6.45) is -0.517. The van der Waals surface area contributed by atoms with Gasteiger partial charge in [-0.15, -0.1) is 0 Å². The van der Waals surface area contributed by atoms with E-state index in [4.69, 9.17) is 5.11 Å². The summed E-state index contributed by atoms with van der Waals surface area (Å²) < 4.78 is 18.6. The standard InChI is InChI=1S/C16H24O10S/c1-9(2)14(20)24-7-23-12(17)5-11(13(18)19)6-27-16(22)26-8-25-15(21)10(3)4/h9-11H,5-8H2,1-4H3,(H,18,19)/t11-/m0/s1. The fraction of sp³-hybridized carbons (Fsp3) is 0.688. The van der Waals surface area contributed by atoms with Gasteiger partial charge in [0.25, 0.3) is 0 Å². The van der Waals surface area contributed by atoms with Gasteiger partial charge >= 0.3 is 29.2 Å². The third-order valence-electron chi connectivity index (χ3n) is 2.91.